The van der Waals surface area contributed by atoms with E-state index >= 15 is 0 Å². The molecular weight excluding hydrogens is 252 g/mol. The molecular formula is C16H32N2S. The maximum absolute atomic E-state index is 3.76. The molecule has 0 aromatic rings. The Morgan fingerprint density at radius 2 is 1.95 bits per heavy atom. The molecule has 0 spiro atoms. The molecule has 0 amide bonds. The summed E-state index contributed by atoms with van der Waals surface area (Å²) in [5.74, 6) is 0. The van der Waals surface area contributed by atoms with Crippen molar-refractivity contribution in [1.82, 2.24) is 10.2 Å². The Balaban J connectivity index is 2.00. The minimum atomic E-state index is 0.367. The Morgan fingerprint density at radius 3 is 2.58 bits per heavy atom. The molecule has 4 unspecified atom stereocenters. The lowest BCUT2D eigenvalue weighted by atomic mass is 9.83. The summed E-state index contributed by atoms with van der Waals surface area (Å²) < 4.78 is 0. The van der Waals surface area contributed by atoms with Crippen molar-refractivity contribution < 1.29 is 0 Å². The SMILES string of the molecule is CSC1CCCC(N2CC(C(C)(C)C)NCC2C)C1. The summed E-state index contributed by atoms with van der Waals surface area (Å²) in [7, 11) is 0. The van der Waals surface area contributed by atoms with Gasteiger partial charge in [0.2, 0.25) is 0 Å². The molecule has 0 radical (unpaired) electrons. The minimum absolute atomic E-state index is 0.367. The molecule has 0 aromatic heterocycles. The molecule has 1 saturated carbocycles. The Bertz CT molecular complexity index is 287. The number of thioether (sulfide) groups is 1. The molecule has 2 rings (SSSR count). The average molecular weight is 285 g/mol. The van der Waals surface area contributed by atoms with Crippen molar-refractivity contribution in [2.75, 3.05) is 19.3 Å². The molecule has 1 aliphatic heterocycles. The fraction of sp³-hybridized carbons (Fsp3) is 1.00. The molecule has 2 nitrogen and oxygen atoms in total. The Hall–Kier alpha value is 0.270. The number of nitrogens with one attached hydrogen (secondary N) is 1. The smallest absolute Gasteiger partial charge is 0.0244 e. The van der Waals surface area contributed by atoms with Gasteiger partial charge in [-0.25, -0.2) is 0 Å². The zero-order chi connectivity index (χ0) is 14.0. The fourth-order valence-electron chi connectivity index (χ4n) is 3.61. The van der Waals surface area contributed by atoms with E-state index in [4.69, 9.17) is 0 Å². The van der Waals surface area contributed by atoms with Gasteiger partial charge in [0.15, 0.2) is 0 Å². The summed E-state index contributed by atoms with van der Waals surface area (Å²) in [4.78, 5) is 2.81. The zero-order valence-electron chi connectivity index (χ0n) is 13.4. The summed E-state index contributed by atoms with van der Waals surface area (Å²) in [5, 5.41) is 4.65. The van der Waals surface area contributed by atoms with Crippen molar-refractivity contribution in [3.8, 4) is 0 Å². The predicted molar refractivity (Wildman–Crippen MR) is 87.0 cm³/mol. The van der Waals surface area contributed by atoms with Crippen molar-refractivity contribution in [2.24, 2.45) is 5.41 Å². The van der Waals surface area contributed by atoms with E-state index in [2.05, 4.69) is 55.9 Å². The van der Waals surface area contributed by atoms with E-state index < -0.39 is 0 Å². The average Bonchev–Trinajstić information content (AvgIpc) is 2.38. The summed E-state index contributed by atoms with van der Waals surface area (Å²) in [6.45, 7) is 11.9. The van der Waals surface area contributed by atoms with E-state index in [-0.39, 0.29) is 0 Å². The number of hydrogen-bond acceptors (Lipinski definition) is 3. The van der Waals surface area contributed by atoms with Crippen LogP contribution in [-0.2, 0) is 0 Å². The van der Waals surface area contributed by atoms with Gasteiger partial charge in [-0.15, -0.1) is 0 Å². The second-order valence-electron chi connectivity index (χ2n) is 7.55. The van der Waals surface area contributed by atoms with Crippen LogP contribution >= 0.6 is 11.8 Å². The summed E-state index contributed by atoms with van der Waals surface area (Å²) in [6, 6.07) is 2.16. The third-order valence-electron chi connectivity index (χ3n) is 5.07. The standard InChI is InChI=1S/C16H32N2S/c1-12-10-17-15(16(2,3)4)11-18(12)13-7-6-8-14(9-13)19-5/h12-15,17H,6-11H2,1-5H3. The molecule has 1 N–H and O–H groups in total. The minimum Gasteiger partial charge on any atom is -0.311 e. The maximum Gasteiger partial charge on any atom is 0.0244 e. The van der Waals surface area contributed by atoms with Gasteiger partial charge in [0.1, 0.15) is 0 Å². The molecule has 1 heterocycles. The highest BCUT2D eigenvalue weighted by Crippen LogP contribution is 2.33. The van der Waals surface area contributed by atoms with Gasteiger partial charge in [-0.1, -0.05) is 27.2 Å². The lowest BCUT2D eigenvalue weighted by Gasteiger charge is -2.48. The number of hydrogen-bond donors (Lipinski definition) is 1. The molecule has 3 heteroatoms. The van der Waals surface area contributed by atoms with E-state index in [1.54, 1.807) is 0 Å². The van der Waals surface area contributed by atoms with E-state index in [1.807, 2.05) is 0 Å². The number of rotatable bonds is 2. The van der Waals surface area contributed by atoms with Crippen LogP contribution in [-0.4, -0.2) is 47.6 Å². The Morgan fingerprint density at radius 1 is 1.21 bits per heavy atom. The normalized spacial score (nSPS) is 38.4. The quantitative estimate of drug-likeness (QED) is 0.837. The first-order valence-electron chi connectivity index (χ1n) is 7.93. The lowest BCUT2D eigenvalue weighted by molar-refractivity contribution is 0.0434. The largest absolute Gasteiger partial charge is 0.311 e. The summed E-state index contributed by atoms with van der Waals surface area (Å²) >= 11 is 2.08. The first-order valence-corrected chi connectivity index (χ1v) is 9.22. The number of nitrogens with zero attached hydrogens (tertiary/aromatic N) is 1. The van der Waals surface area contributed by atoms with Crippen molar-refractivity contribution in [3.63, 3.8) is 0 Å². The molecule has 0 aromatic carbocycles. The van der Waals surface area contributed by atoms with Crippen LogP contribution in [0.4, 0.5) is 0 Å². The zero-order valence-corrected chi connectivity index (χ0v) is 14.2. The topological polar surface area (TPSA) is 15.3 Å². The molecule has 4 atom stereocenters. The molecule has 1 saturated heterocycles. The molecule has 19 heavy (non-hydrogen) atoms. The maximum atomic E-state index is 3.76. The van der Waals surface area contributed by atoms with Crippen molar-refractivity contribution in [1.29, 1.82) is 0 Å². The predicted octanol–water partition coefficient (Wildman–Crippen LogP) is 3.37. The first-order chi connectivity index (χ1) is 8.91. The molecule has 2 fully saturated rings. The van der Waals surface area contributed by atoms with Gasteiger partial charge in [0, 0.05) is 36.5 Å². The highest BCUT2D eigenvalue weighted by Gasteiger charge is 2.36. The molecule has 2 aliphatic rings. The number of piperazine rings is 1. The van der Waals surface area contributed by atoms with Crippen LogP contribution in [0.2, 0.25) is 0 Å². The van der Waals surface area contributed by atoms with Crippen LogP contribution in [0.1, 0.15) is 53.4 Å². The van der Waals surface area contributed by atoms with Gasteiger partial charge in [0.05, 0.1) is 0 Å². The van der Waals surface area contributed by atoms with Gasteiger partial charge in [-0.3, -0.25) is 4.90 Å². The Labute approximate surface area is 124 Å². The second-order valence-corrected chi connectivity index (χ2v) is 8.69. The van der Waals surface area contributed by atoms with E-state index in [9.17, 15) is 0 Å². The van der Waals surface area contributed by atoms with Gasteiger partial charge in [0.25, 0.3) is 0 Å². The van der Waals surface area contributed by atoms with Crippen molar-refractivity contribution >= 4 is 11.8 Å². The third kappa shape index (κ3) is 3.89. The monoisotopic (exact) mass is 284 g/mol. The van der Waals surface area contributed by atoms with Crippen molar-refractivity contribution in [3.05, 3.63) is 0 Å². The highest BCUT2D eigenvalue weighted by molar-refractivity contribution is 7.99. The van der Waals surface area contributed by atoms with Crippen LogP contribution < -0.4 is 5.32 Å². The van der Waals surface area contributed by atoms with Gasteiger partial charge in [-0.05, 0) is 37.9 Å². The van der Waals surface area contributed by atoms with Gasteiger partial charge < -0.3 is 5.32 Å². The third-order valence-corrected chi connectivity index (χ3v) is 6.16. The summed E-state index contributed by atoms with van der Waals surface area (Å²) in [5.41, 5.74) is 0.367. The van der Waals surface area contributed by atoms with E-state index in [1.165, 1.54) is 32.2 Å². The summed E-state index contributed by atoms with van der Waals surface area (Å²) in [6.07, 6.45) is 7.96. The molecule has 0 bridgehead atoms. The molecule has 112 valence electrons. The van der Waals surface area contributed by atoms with Crippen LogP contribution in [0.25, 0.3) is 0 Å². The Kier molecular flexibility index (Phi) is 5.24. The van der Waals surface area contributed by atoms with Crippen LogP contribution in [0.15, 0.2) is 0 Å². The van der Waals surface area contributed by atoms with Crippen molar-refractivity contribution in [2.45, 2.75) is 76.8 Å². The molecule has 1 aliphatic carbocycles. The van der Waals surface area contributed by atoms with Crippen LogP contribution in [0.3, 0.4) is 0 Å². The van der Waals surface area contributed by atoms with Crippen LogP contribution in [0.5, 0.6) is 0 Å². The lowest BCUT2D eigenvalue weighted by Crippen LogP contribution is -2.62. The second kappa shape index (κ2) is 6.36. The fourth-order valence-corrected chi connectivity index (χ4v) is 4.43. The van der Waals surface area contributed by atoms with Gasteiger partial charge >= 0.3 is 0 Å². The highest BCUT2D eigenvalue weighted by atomic mass is 32.2. The van der Waals surface area contributed by atoms with Gasteiger partial charge in [-0.2, -0.15) is 11.8 Å². The van der Waals surface area contributed by atoms with E-state index in [0.717, 1.165) is 17.8 Å². The van der Waals surface area contributed by atoms with E-state index in [0.29, 0.717) is 17.5 Å². The van der Waals surface area contributed by atoms with Crippen LogP contribution in [0, 0.1) is 5.41 Å². The first kappa shape index (κ1) is 15.7.